The van der Waals surface area contributed by atoms with Gasteiger partial charge < -0.3 is 11.6 Å². The van der Waals surface area contributed by atoms with Crippen LogP contribution in [0.4, 0.5) is 0 Å². The number of halogens is 1. The van der Waals surface area contributed by atoms with Crippen molar-refractivity contribution in [2.75, 3.05) is 0 Å². The van der Waals surface area contributed by atoms with E-state index in [1.54, 1.807) is 0 Å². The van der Waals surface area contributed by atoms with Crippen LogP contribution in [0, 0.1) is 6.92 Å². The van der Waals surface area contributed by atoms with E-state index < -0.39 is 0 Å². The first-order chi connectivity index (χ1) is 5.66. The van der Waals surface area contributed by atoms with Crippen molar-refractivity contribution in [2.45, 2.75) is 6.92 Å². The summed E-state index contributed by atoms with van der Waals surface area (Å²) in [7, 11) is 0. The highest BCUT2D eigenvalue weighted by Crippen LogP contribution is 2.20. The minimum absolute atomic E-state index is 0.338. The Morgan fingerprint density at radius 2 is 2.17 bits per heavy atom. The lowest BCUT2D eigenvalue weighted by Crippen LogP contribution is -2.16. The first-order valence-electron chi connectivity index (χ1n) is 3.45. The lowest BCUT2D eigenvalue weighted by atomic mass is 10.1. The zero-order valence-corrected chi connectivity index (χ0v) is 8.30. The Hall–Kier alpha value is -1.03. The molecule has 1 aromatic carbocycles. The Morgan fingerprint density at radius 1 is 1.50 bits per heavy atom. The van der Waals surface area contributed by atoms with Crippen molar-refractivity contribution in [1.29, 1.82) is 0 Å². The Labute approximate surface area is 79.6 Å². The van der Waals surface area contributed by atoms with Gasteiger partial charge in [-0.2, -0.15) is 5.10 Å². The summed E-state index contributed by atoms with van der Waals surface area (Å²) >= 11 is 3.41. The van der Waals surface area contributed by atoms with E-state index in [0.717, 1.165) is 15.6 Å². The van der Waals surface area contributed by atoms with Crippen LogP contribution in [0.5, 0.6) is 0 Å². The molecule has 0 heterocycles. The molecule has 0 saturated heterocycles. The molecule has 0 aliphatic carbocycles. The van der Waals surface area contributed by atoms with Gasteiger partial charge >= 0.3 is 0 Å². The van der Waals surface area contributed by atoms with Crippen LogP contribution in [0.1, 0.15) is 11.1 Å². The predicted molar refractivity (Wildman–Crippen MR) is 53.8 cm³/mol. The second-order valence-electron chi connectivity index (χ2n) is 2.45. The normalized spacial score (nSPS) is 11.7. The smallest absolute Gasteiger partial charge is 0.151 e. The quantitative estimate of drug-likeness (QED) is 0.329. The summed E-state index contributed by atoms with van der Waals surface area (Å²) in [5.41, 5.74) is 7.50. The van der Waals surface area contributed by atoms with Gasteiger partial charge in [0.05, 0.1) is 0 Å². The van der Waals surface area contributed by atoms with Gasteiger partial charge in [0.25, 0.3) is 0 Å². The van der Waals surface area contributed by atoms with Crippen molar-refractivity contribution in [3.8, 4) is 0 Å². The van der Waals surface area contributed by atoms with Crippen molar-refractivity contribution < 1.29 is 0 Å². The van der Waals surface area contributed by atoms with E-state index in [-0.39, 0.29) is 0 Å². The van der Waals surface area contributed by atoms with E-state index in [0.29, 0.717) is 5.84 Å². The molecule has 0 spiro atoms. The van der Waals surface area contributed by atoms with E-state index in [4.69, 9.17) is 11.6 Å². The van der Waals surface area contributed by atoms with Gasteiger partial charge in [-0.1, -0.05) is 18.2 Å². The molecule has 12 heavy (non-hydrogen) atoms. The van der Waals surface area contributed by atoms with Crippen LogP contribution in [0.2, 0.25) is 0 Å². The first-order valence-corrected chi connectivity index (χ1v) is 4.25. The molecule has 0 bridgehead atoms. The summed E-state index contributed by atoms with van der Waals surface area (Å²) in [5.74, 6) is 5.40. The number of hydrogen-bond donors (Lipinski definition) is 2. The maximum absolute atomic E-state index is 5.56. The number of nitrogens with two attached hydrogens (primary N) is 2. The molecule has 0 aromatic heterocycles. The molecule has 0 aliphatic heterocycles. The predicted octanol–water partition coefficient (Wildman–Crippen LogP) is 1.34. The van der Waals surface area contributed by atoms with Gasteiger partial charge in [0.15, 0.2) is 5.84 Å². The van der Waals surface area contributed by atoms with E-state index in [9.17, 15) is 0 Å². The summed E-state index contributed by atoms with van der Waals surface area (Å²) in [6.07, 6.45) is 0. The van der Waals surface area contributed by atoms with Crippen LogP contribution in [0.15, 0.2) is 27.8 Å². The minimum atomic E-state index is 0.338. The number of nitrogens with zero attached hydrogens (tertiary/aromatic N) is 1. The molecule has 3 nitrogen and oxygen atoms in total. The van der Waals surface area contributed by atoms with E-state index in [1.165, 1.54) is 0 Å². The van der Waals surface area contributed by atoms with Crippen LogP contribution < -0.4 is 11.6 Å². The lowest BCUT2D eigenvalue weighted by Gasteiger charge is -2.04. The first kappa shape index (κ1) is 9.06. The van der Waals surface area contributed by atoms with Crippen molar-refractivity contribution >= 4 is 21.8 Å². The number of aryl methyl sites for hydroxylation is 1. The Balaban J connectivity index is 3.26. The van der Waals surface area contributed by atoms with Gasteiger partial charge in [-0.25, -0.2) is 0 Å². The molecule has 0 amide bonds. The van der Waals surface area contributed by atoms with E-state index >= 15 is 0 Å². The molecule has 1 rings (SSSR count). The highest BCUT2D eigenvalue weighted by atomic mass is 79.9. The molecular formula is C8H10BrN3. The second kappa shape index (κ2) is 3.58. The van der Waals surface area contributed by atoms with Crippen molar-refractivity contribution in [2.24, 2.45) is 16.7 Å². The molecule has 4 heteroatoms. The number of amidine groups is 1. The fourth-order valence-corrected chi connectivity index (χ4v) is 1.38. The number of benzene rings is 1. The largest absolute Gasteiger partial charge is 0.382 e. The lowest BCUT2D eigenvalue weighted by molar-refractivity contribution is 1.22. The Kier molecular flexibility index (Phi) is 2.70. The summed E-state index contributed by atoms with van der Waals surface area (Å²) in [4.78, 5) is 0. The third-order valence-corrected chi connectivity index (χ3v) is 2.66. The number of hydrogen-bond acceptors (Lipinski definition) is 2. The zero-order valence-electron chi connectivity index (χ0n) is 6.71. The maximum atomic E-state index is 5.56. The fourth-order valence-electron chi connectivity index (χ4n) is 0.915. The summed E-state index contributed by atoms with van der Waals surface area (Å²) in [6, 6.07) is 5.76. The second-order valence-corrected chi connectivity index (χ2v) is 3.24. The molecule has 1 aromatic rings. The van der Waals surface area contributed by atoms with Crippen LogP contribution in [-0.2, 0) is 0 Å². The van der Waals surface area contributed by atoms with Gasteiger partial charge in [0.2, 0.25) is 0 Å². The van der Waals surface area contributed by atoms with Gasteiger partial charge in [-0.15, -0.1) is 0 Å². The minimum Gasteiger partial charge on any atom is -0.382 e. The maximum Gasteiger partial charge on any atom is 0.151 e. The molecule has 64 valence electrons. The SMILES string of the molecule is Cc1cccc(/C(N)=N/N)c1Br. The molecule has 0 unspecified atom stereocenters. The number of rotatable bonds is 1. The molecule has 4 N–H and O–H groups in total. The summed E-state index contributed by atoms with van der Waals surface area (Å²) < 4.78 is 0.941. The van der Waals surface area contributed by atoms with Gasteiger partial charge in [0, 0.05) is 10.0 Å². The van der Waals surface area contributed by atoms with Crippen molar-refractivity contribution in [1.82, 2.24) is 0 Å². The molecule has 0 atom stereocenters. The molecule has 0 radical (unpaired) electrons. The highest BCUT2D eigenvalue weighted by molar-refractivity contribution is 9.10. The molecular weight excluding hydrogens is 218 g/mol. The van der Waals surface area contributed by atoms with Crippen LogP contribution in [-0.4, -0.2) is 5.84 Å². The summed E-state index contributed by atoms with van der Waals surface area (Å²) in [5, 5.41) is 3.43. The van der Waals surface area contributed by atoms with Gasteiger partial charge in [-0.05, 0) is 28.4 Å². The topological polar surface area (TPSA) is 64.4 Å². The monoisotopic (exact) mass is 227 g/mol. The number of hydrazone groups is 1. The van der Waals surface area contributed by atoms with Crippen LogP contribution in [0.3, 0.4) is 0 Å². The third-order valence-electron chi connectivity index (χ3n) is 1.61. The molecule has 0 aliphatic rings. The standard InChI is InChI=1S/C8H10BrN3/c1-5-3-2-4-6(7(5)9)8(10)12-11/h2-4H,11H2,1H3,(H2,10,12). The Morgan fingerprint density at radius 3 is 2.75 bits per heavy atom. The van der Waals surface area contributed by atoms with Crippen LogP contribution in [0.25, 0.3) is 0 Å². The average molecular weight is 228 g/mol. The van der Waals surface area contributed by atoms with Crippen molar-refractivity contribution in [3.05, 3.63) is 33.8 Å². The van der Waals surface area contributed by atoms with Crippen molar-refractivity contribution in [3.63, 3.8) is 0 Å². The molecule has 0 fully saturated rings. The summed E-state index contributed by atoms with van der Waals surface area (Å²) in [6.45, 7) is 1.98. The molecule has 0 saturated carbocycles. The van der Waals surface area contributed by atoms with E-state index in [2.05, 4.69) is 21.0 Å². The Bertz CT molecular complexity index is 320. The van der Waals surface area contributed by atoms with Crippen LogP contribution >= 0.6 is 15.9 Å². The van der Waals surface area contributed by atoms with Gasteiger partial charge in [-0.3, -0.25) is 0 Å². The van der Waals surface area contributed by atoms with E-state index in [1.807, 2.05) is 25.1 Å². The van der Waals surface area contributed by atoms with Gasteiger partial charge in [0.1, 0.15) is 0 Å². The zero-order chi connectivity index (χ0) is 9.14. The fraction of sp³-hybridized carbons (Fsp3) is 0.125. The average Bonchev–Trinajstić information content (AvgIpc) is 2.08. The highest BCUT2D eigenvalue weighted by Gasteiger charge is 2.04. The third kappa shape index (κ3) is 1.58.